The van der Waals surface area contributed by atoms with E-state index in [1.807, 2.05) is 24.3 Å². The molecule has 0 unspecified atom stereocenters. The maximum atomic E-state index is 13.5. The summed E-state index contributed by atoms with van der Waals surface area (Å²) in [6, 6.07) is 10.5. The Morgan fingerprint density at radius 2 is 1.90 bits per heavy atom. The number of nitrogens with one attached hydrogen (secondary N) is 2. The standard InChI is InChI=1S/C24H26F2N2O2/c1-3-5-17-6-4-7-19(10-17)24(8-9-24)27-15-23(30)22(28-16(2)29)13-18-11-20(25)14-21(26)12-18/h4,6-7,10-12,14,22-23,27,30H,8-9,13,15H2,1-2H3,(H,28,29)/t22-,23+/m0/s1. The molecule has 30 heavy (non-hydrogen) atoms. The molecule has 0 radical (unpaired) electrons. The molecule has 1 amide bonds. The van der Waals surface area contributed by atoms with Crippen molar-refractivity contribution in [1.82, 2.24) is 10.6 Å². The average molecular weight is 412 g/mol. The van der Waals surface area contributed by atoms with Crippen LogP contribution in [0.15, 0.2) is 42.5 Å². The molecule has 0 heterocycles. The van der Waals surface area contributed by atoms with Crippen molar-refractivity contribution in [2.75, 3.05) is 6.54 Å². The molecule has 1 aliphatic rings. The maximum absolute atomic E-state index is 13.5. The summed E-state index contributed by atoms with van der Waals surface area (Å²) in [5, 5.41) is 16.9. The fraction of sp³-hybridized carbons (Fsp3) is 0.375. The number of hydrogen-bond acceptors (Lipinski definition) is 3. The monoisotopic (exact) mass is 412 g/mol. The molecule has 2 aromatic carbocycles. The van der Waals surface area contributed by atoms with E-state index >= 15 is 0 Å². The van der Waals surface area contributed by atoms with Crippen LogP contribution in [0.2, 0.25) is 0 Å². The molecule has 0 spiro atoms. The van der Waals surface area contributed by atoms with E-state index in [0.29, 0.717) is 5.56 Å². The van der Waals surface area contributed by atoms with Crippen molar-refractivity contribution in [3.05, 3.63) is 70.8 Å². The number of carbonyl (C=O) groups excluding carboxylic acids is 1. The van der Waals surface area contributed by atoms with Crippen LogP contribution in [0.5, 0.6) is 0 Å². The van der Waals surface area contributed by atoms with E-state index in [4.69, 9.17) is 0 Å². The van der Waals surface area contributed by atoms with Crippen molar-refractivity contribution < 1.29 is 18.7 Å². The number of aliphatic hydroxyl groups excluding tert-OH is 1. The van der Waals surface area contributed by atoms with Gasteiger partial charge in [0.25, 0.3) is 0 Å². The smallest absolute Gasteiger partial charge is 0.217 e. The zero-order chi connectivity index (χ0) is 21.7. The van der Waals surface area contributed by atoms with Crippen molar-refractivity contribution in [2.24, 2.45) is 0 Å². The van der Waals surface area contributed by atoms with Gasteiger partial charge in [-0.05, 0) is 61.6 Å². The number of carbonyl (C=O) groups is 1. The lowest BCUT2D eigenvalue weighted by Crippen LogP contribution is -2.49. The lowest BCUT2D eigenvalue weighted by atomic mass is 9.98. The Morgan fingerprint density at radius 1 is 1.20 bits per heavy atom. The van der Waals surface area contributed by atoms with E-state index in [9.17, 15) is 18.7 Å². The molecule has 2 atom stereocenters. The number of benzene rings is 2. The van der Waals surface area contributed by atoms with Gasteiger partial charge in [0.05, 0.1) is 12.1 Å². The SMILES string of the molecule is CC#Cc1cccc(C2(NC[C@@H](O)[C@H](Cc3cc(F)cc(F)c3)NC(C)=O)CC2)c1. The summed E-state index contributed by atoms with van der Waals surface area (Å²) in [6.07, 6.45) is 1.05. The second-order valence-electron chi connectivity index (χ2n) is 7.77. The minimum absolute atomic E-state index is 0.117. The van der Waals surface area contributed by atoms with E-state index < -0.39 is 23.8 Å². The molecular weight excluding hydrogens is 386 g/mol. The molecule has 0 aliphatic heterocycles. The molecule has 158 valence electrons. The zero-order valence-corrected chi connectivity index (χ0v) is 17.1. The van der Waals surface area contributed by atoms with E-state index in [-0.39, 0.29) is 24.4 Å². The Labute approximate surface area is 175 Å². The normalized spacial score (nSPS) is 16.2. The highest BCUT2D eigenvalue weighted by Crippen LogP contribution is 2.45. The summed E-state index contributed by atoms with van der Waals surface area (Å²) in [4.78, 5) is 11.6. The molecular formula is C24H26F2N2O2. The Balaban J connectivity index is 1.69. The largest absolute Gasteiger partial charge is 0.390 e. The van der Waals surface area contributed by atoms with Crippen molar-refractivity contribution in [2.45, 2.75) is 50.8 Å². The van der Waals surface area contributed by atoms with E-state index in [0.717, 1.165) is 30.0 Å². The van der Waals surface area contributed by atoms with Gasteiger partial charge in [0.2, 0.25) is 5.91 Å². The lowest BCUT2D eigenvalue weighted by molar-refractivity contribution is -0.120. The topological polar surface area (TPSA) is 61.4 Å². The van der Waals surface area contributed by atoms with Crippen LogP contribution in [-0.4, -0.2) is 29.7 Å². The first-order valence-corrected chi connectivity index (χ1v) is 10.00. The number of amides is 1. The first-order chi connectivity index (χ1) is 14.3. The summed E-state index contributed by atoms with van der Waals surface area (Å²) in [7, 11) is 0. The Bertz CT molecular complexity index is 956. The Hall–Kier alpha value is -2.75. The maximum Gasteiger partial charge on any atom is 0.217 e. The first-order valence-electron chi connectivity index (χ1n) is 10.00. The van der Waals surface area contributed by atoms with Gasteiger partial charge in [-0.1, -0.05) is 18.1 Å². The van der Waals surface area contributed by atoms with Crippen molar-refractivity contribution in [3.63, 3.8) is 0 Å². The lowest BCUT2D eigenvalue weighted by Gasteiger charge is -2.27. The summed E-state index contributed by atoms with van der Waals surface area (Å²) in [5.74, 6) is 4.25. The van der Waals surface area contributed by atoms with Crippen LogP contribution in [-0.2, 0) is 16.8 Å². The van der Waals surface area contributed by atoms with Gasteiger partial charge in [-0.15, -0.1) is 5.92 Å². The van der Waals surface area contributed by atoms with Crippen LogP contribution in [0, 0.1) is 23.5 Å². The van der Waals surface area contributed by atoms with Crippen LogP contribution in [0.1, 0.15) is 43.4 Å². The summed E-state index contributed by atoms with van der Waals surface area (Å²) < 4.78 is 27.0. The fourth-order valence-electron chi connectivity index (χ4n) is 3.70. The minimum atomic E-state index is -0.934. The van der Waals surface area contributed by atoms with Crippen LogP contribution < -0.4 is 10.6 Å². The fourth-order valence-corrected chi connectivity index (χ4v) is 3.70. The highest BCUT2D eigenvalue weighted by atomic mass is 19.1. The molecule has 3 rings (SSSR count). The third kappa shape index (κ3) is 5.65. The predicted octanol–water partition coefficient (Wildman–Crippen LogP) is 3.02. The minimum Gasteiger partial charge on any atom is -0.390 e. The van der Waals surface area contributed by atoms with Gasteiger partial charge < -0.3 is 15.7 Å². The van der Waals surface area contributed by atoms with Gasteiger partial charge in [0, 0.05) is 30.6 Å². The number of halogens is 2. The van der Waals surface area contributed by atoms with Crippen molar-refractivity contribution >= 4 is 5.91 Å². The van der Waals surface area contributed by atoms with Gasteiger partial charge in [0.1, 0.15) is 11.6 Å². The quantitative estimate of drug-likeness (QED) is 0.584. The van der Waals surface area contributed by atoms with Gasteiger partial charge >= 0.3 is 0 Å². The van der Waals surface area contributed by atoms with Gasteiger partial charge in [0.15, 0.2) is 0 Å². The Morgan fingerprint density at radius 3 is 2.50 bits per heavy atom. The second-order valence-corrected chi connectivity index (χ2v) is 7.77. The van der Waals surface area contributed by atoms with E-state index in [1.165, 1.54) is 19.1 Å². The molecule has 3 N–H and O–H groups in total. The molecule has 2 aromatic rings. The molecule has 1 aliphatic carbocycles. The first kappa shape index (κ1) is 21.9. The molecule has 0 bridgehead atoms. The number of hydrogen-bond donors (Lipinski definition) is 3. The molecule has 0 saturated heterocycles. The average Bonchev–Trinajstić information content (AvgIpc) is 3.46. The van der Waals surface area contributed by atoms with E-state index in [1.54, 1.807) is 6.92 Å². The van der Waals surface area contributed by atoms with Crippen LogP contribution in [0.25, 0.3) is 0 Å². The third-order valence-corrected chi connectivity index (χ3v) is 5.32. The van der Waals surface area contributed by atoms with Crippen LogP contribution in [0.3, 0.4) is 0 Å². The highest BCUT2D eigenvalue weighted by Gasteiger charge is 2.44. The zero-order valence-electron chi connectivity index (χ0n) is 17.1. The van der Waals surface area contributed by atoms with Crippen LogP contribution in [0.4, 0.5) is 8.78 Å². The summed E-state index contributed by atoms with van der Waals surface area (Å²) in [5.41, 5.74) is 2.20. The van der Waals surface area contributed by atoms with Gasteiger partial charge in [-0.25, -0.2) is 8.78 Å². The van der Waals surface area contributed by atoms with Gasteiger partial charge in [-0.2, -0.15) is 0 Å². The molecule has 4 nitrogen and oxygen atoms in total. The molecule has 6 heteroatoms. The third-order valence-electron chi connectivity index (χ3n) is 5.32. The van der Waals surface area contributed by atoms with E-state index in [2.05, 4.69) is 22.5 Å². The molecule has 1 saturated carbocycles. The number of rotatable bonds is 8. The number of aliphatic hydroxyl groups is 1. The van der Waals surface area contributed by atoms with Gasteiger partial charge in [-0.3, -0.25) is 4.79 Å². The Kier molecular flexibility index (Phi) is 6.86. The van der Waals surface area contributed by atoms with Crippen molar-refractivity contribution in [3.8, 4) is 11.8 Å². The second kappa shape index (κ2) is 9.38. The predicted molar refractivity (Wildman–Crippen MR) is 112 cm³/mol. The molecule has 0 aromatic heterocycles. The highest BCUT2D eigenvalue weighted by molar-refractivity contribution is 5.73. The summed E-state index contributed by atoms with van der Waals surface area (Å²) >= 11 is 0. The summed E-state index contributed by atoms with van der Waals surface area (Å²) in [6.45, 7) is 3.37. The van der Waals surface area contributed by atoms with Crippen molar-refractivity contribution in [1.29, 1.82) is 0 Å². The van der Waals surface area contributed by atoms with Crippen LogP contribution >= 0.6 is 0 Å². The molecule has 1 fully saturated rings.